The van der Waals surface area contributed by atoms with Crippen LogP contribution in [-0.4, -0.2) is 9.97 Å². The van der Waals surface area contributed by atoms with Gasteiger partial charge in [-0.05, 0) is 29.8 Å². The Hall–Kier alpha value is -2.29. The smallest absolute Gasteiger partial charge is 0.0957 e. The Morgan fingerprint density at radius 3 is 2.69 bits per heavy atom. The van der Waals surface area contributed by atoms with Crippen molar-refractivity contribution in [2.24, 2.45) is 0 Å². The summed E-state index contributed by atoms with van der Waals surface area (Å²) >= 11 is 0. The third kappa shape index (κ3) is 1.34. The van der Waals surface area contributed by atoms with Crippen molar-refractivity contribution < 1.29 is 0 Å². The number of H-pyrrole nitrogens is 1. The van der Waals surface area contributed by atoms with Gasteiger partial charge in [0.15, 0.2) is 0 Å². The van der Waals surface area contributed by atoms with Crippen molar-refractivity contribution in [2.75, 3.05) is 5.73 Å². The van der Waals surface area contributed by atoms with E-state index in [-0.39, 0.29) is 0 Å². The molecule has 3 rings (SSSR count). The van der Waals surface area contributed by atoms with Gasteiger partial charge in [0.1, 0.15) is 0 Å². The van der Waals surface area contributed by atoms with Crippen LogP contribution in [0.25, 0.3) is 22.2 Å². The summed E-state index contributed by atoms with van der Waals surface area (Å²) in [6.07, 6.45) is 3.78. The Morgan fingerprint density at radius 2 is 1.88 bits per heavy atom. The molecule has 0 atom stereocenters. The van der Waals surface area contributed by atoms with Gasteiger partial charge < -0.3 is 10.7 Å². The van der Waals surface area contributed by atoms with Gasteiger partial charge in [0.2, 0.25) is 0 Å². The van der Waals surface area contributed by atoms with Crippen LogP contribution in [0, 0.1) is 0 Å². The molecule has 0 fully saturated rings. The molecule has 16 heavy (non-hydrogen) atoms. The van der Waals surface area contributed by atoms with Gasteiger partial charge in [-0.25, -0.2) is 0 Å². The highest BCUT2D eigenvalue weighted by molar-refractivity contribution is 5.92. The first-order chi connectivity index (χ1) is 7.84. The number of pyridine rings is 1. The molecule has 3 heteroatoms. The molecule has 78 valence electrons. The molecule has 0 unspecified atom stereocenters. The first-order valence-corrected chi connectivity index (χ1v) is 5.12. The van der Waals surface area contributed by atoms with Crippen LogP contribution in [0.4, 0.5) is 5.69 Å². The first-order valence-electron chi connectivity index (χ1n) is 5.12. The van der Waals surface area contributed by atoms with E-state index < -0.39 is 0 Å². The lowest BCUT2D eigenvalue weighted by molar-refractivity contribution is 1.41. The molecular weight excluding hydrogens is 198 g/mol. The van der Waals surface area contributed by atoms with Gasteiger partial charge in [-0.2, -0.15) is 0 Å². The Bertz CT molecular complexity index is 623. The van der Waals surface area contributed by atoms with Gasteiger partial charge in [0.25, 0.3) is 0 Å². The van der Waals surface area contributed by atoms with Crippen molar-refractivity contribution in [2.45, 2.75) is 0 Å². The van der Waals surface area contributed by atoms with E-state index in [2.05, 4.69) is 9.97 Å². The number of nitrogens with two attached hydrogens (primary N) is 1. The fourth-order valence-corrected chi connectivity index (χ4v) is 1.84. The molecule has 0 saturated carbocycles. The number of hydrogen-bond acceptors (Lipinski definition) is 2. The van der Waals surface area contributed by atoms with Crippen molar-refractivity contribution in [3.63, 3.8) is 0 Å². The molecule has 2 aromatic heterocycles. The Balaban J connectivity index is 2.22. The molecule has 0 spiro atoms. The van der Waals surface area contributed by atoms with E-state index in [1.165, 1.54) is 0 Å². The van der Waals surface area contributed by atoms with E-state index in [9.17, 15) is 0 Å². The Kier molecular flexibility index (Phi) is 1.90. The lowest BCUT2D eigenvalue weighted by Crippen LogP contribution is -1.83. The normalized spacial score (nSPS) is 10.8. The molecule has 0 bridgehead atoms. The maximum atomic E-state index is 5.67. The number of rotatable bonds is 1. The second-order valence-corrected chi connectivity index (χ2v) is 3.72. The van der Waals surface area contributed by atoms with Crippen LogP contribution in [-0.2, 0) is 0 Å². The summed E-state index contributed by atoms with van der Waals surface area (Å²) in [7, 11) is 0. The molecule has 1 aromatic carbocycles. The lowest BCUT2D eigenvalue weighted by Gasteiger charge is -1.99. The molecule has 0 saturated heterocycles. The van der Waals surface area contributed by atoms with Gasteiger partial charge in [-0.15, -0.1) is 0 Å². The number of anilines is 1. The summed E-state index contributed by atoms with van der Waals surface area (Å²) < 4.78 is 0. The standard InChI is InChI=1S/C13H11N3/c14-10-5-3-9(4-6-10)11-8-16-12-2-1-7-15-13(11)12/h1-8,16H,14H2. The van der Waals surface area contributed by atoms with Crippen LogP contribution in [0.15, 0.2) is 48.8 Å². The third-order valence-corrected chi connectivity index (χ3v) is 2.66. The fourth-order valence-electron chi connectivity index (χ4n) is 1.84. The van der Waals surface area contributed by atoms with Crippen LogP contribution in [0.3, 0.4) is 0 Å². The maximum absolute atomic E-state index is 5.67. The van der Waals surface area contributed by atoms with E-state index in [1.807, 2.05) is 42.6 Å². The summed E-state index contributed by atoms with van der Waals surface area (Å²) in [5.74, 6) is 0. The van der Waals surface area contributed by atoms with Crippen LogP contribution < -0.4 is 5.73 Å². The van der Waals surface area contributed by atoms with Crippen LogP contribution >= 0.6 is 0 Å². The number of aromatic amines is 1. The number of nitrogens with one attached hydrogen (secondary N) is 1. The van der Waals surface area contributed by atoms with E-state index in [0.29, 0.717) is 0 Å². The van der Waals surface area contributed by atoms with E-state index >= 15 is 0 Å². The average molecular weight is 209 g/mol. The zero-order chi connectivity index (χ0) is 11.0. The minimum absolute atomic E-state index is 0.775. The summed E-state index contributed by atoms with van der Waals surface area (Å²) in [4.78, 5) is 7.58. The topological polar surface area (TPSA) is 54.7 Å². The van der Waals surface area contributed by atoms with Crippen LogP contribution in [0.5, 0.6) is 0 Å². The quantitative estimate of drug-likeness (QED) is 0.605. The molecule has 0 aliphatic rings. The highest BCUT2D eigenvalue weighted by atomic mass is 14.8. The molecule has 0 aliphatic carbocycles. The van der Waals surface area contributed by atoms with Gasteiger partial charge in [0.05, 0.1) is 11.0 Å². The van der Waals surface area contributed by atoms with Crippen molar-refractivity contribution in [1.29, 1.82) is 0 Å². The third-order valence-electron chi connectivity index (χ3n) is 2.66. The first kappa shape index (κ1) is 8.97. The average Bonchev–Trinajstić information content (AvgIpc) is 2.74. The zero-order valence-electron chi connectivity index (χ0n) is 8.64. The van der Waals surface area contributed by atoms with Crippen LogP contribution in [0.2, 0.25) is 0 Å². The molecule has 3 aromatic rings. The van der Waals surface area contributed by atoms with Gasteiger partial charge in [-0.3, -0.25) is 4.98 Å². The molecule has 0 aliphatic heterocycles. The van der Waals surface area contributed by atoms with Crippen molar-refractivity contribution in [3.8, 4) is 11.1 Å². The predicted molar refractivity (Wildman–Crippen MR) is 65.9 cm³/mol. The fraction of sp³-hybridized carbons (Fsp3) is 0. The monoisotopic (exact) mass is 209 g/mol. The van der Waals surface area contributed by atoms with E-state index in [0.717, 1.165) is 27.8 Å². The highest BCUT2D eigenvalue weighted by Crippen LogP contribution is 2.27. The number of aromatic nitrogens is 2. The molecule has 3 N–H and O–H groups in total. The minimum Gasteiger partial charge on any atom is -0.399 e. The van der Waals surface area contributed by atoms with Gasteiger partial charge >= 0.3 is 0 Å². The van der Waals surface area contributed by atoms with Crippen molar-refractivity contribution in [3.05, 3.63) is 48.8 Å². The maximum Gasteiger partial charge on any atom is 0.0957 e. The Labute approximate surface area is 92.9 Å². The molecule has 2 heterocycles. The zero-order valence-corrected chi connectivity index (χ0v) is 8.64. The highest BCUT2D eigenvalue weighted by Gasteiger charge is 2.05. The van der Waals surface area contributed by atoms with Gasteiger partial charge in [0, 0.05) is 23.6 Å². The summed E-state index contributed by atoms with van der Waals surface area (Å²) in [6.45, 7) is 0. The number of nitrogen functional groups attached to an aromatic ring is 1. The minimum atomic E-state index is 0.775. The molecule has 3 nitrogen and oxygen atoms in total. The van der Waals surface area contributed by atoms with Crippen LogP contribution in [0.1, 0.15) is 0 Å². The molecule has 0 radical (unpaired) electrons. The van der Waals surface area contributed by atoms with Gasteiger partial charge in [-0.1, -0.05) is 12.1 Å². The largest absolute Gasteiger partial charge is 0.399 e. The van der Waals surface area contributed by atoms with E-state index in [4.69, 9.17) is 5.73 Å². The number of benzene rings is 1. The second kappa shape index (κ2) is 3.38. The summed E-state index contributed by atoms with van der Waals surface area (Å²) in [5.41, 5.74) is 10.7. The number of fused-ring (bicyclic) bond motifs is 1. The van der Waals surface area contributed by atoms with Crippen molar-refractivity contribution >= 4 is 16.7 Å². The van der Waals surface area contributed by atoms with E-state index in [1.54, 1.807) is 6.20 Å². The Morgan fingerprint density at radius 1 is 1.06 bits per heavy atom. The summed E-state index contributed by atoms with van der Waals surface area (Å²) in [5, 5.41) is 0. The molecule has 0 amide bonds. The second-order valence-electron chi connectivity index (χ2n) is 3.72. The van der Waals surface area contributed by atoms with Crippen molar-refractivity contribution in [1.82, 2.24) is 9.97 Å². The lowest BCUT2D eigenvalue weighted by atomic mass is 10.1. The molecular formula is C13H11N3. The number of nitrogens with zero attached hydrogens (tertiary/aromatic N) is 1. The number of hydrogen-bond donors (Lipinski definition) is 2. The summed E-state index contributed by atoms with van der Waals surface area (Å²) in [6, 6.07) is 11.8. The SMILES string of the molecule is Nc1ccc(-c2c[nH]c3cccnc23)cc1. The predicted octanol–water partition coefficient (Wildman–Crippen LogP) is 2.81.